The summed E-state index contributed by atoms with van der Waals surface area (Å²) in [5, 5.41) is 12.6. The van der Waals surface area contributed by atoms with Gasteiger partial charge in [-0.3, -0.25) is 0 Å². The number of ether oxygens (including phenoxy) is 1. The van der Waals surface area contributed by atoms with E-state index in [1.54, 1.807) is 0 Å². The number of rotatable bonds is 6. The van der Waals surface area contributed by atoms with E-state index in [0.717, 1.165) is 38.3 Å². The fraction of sp³-hybridized carbons (Fsp3) is 0.600. The zero-order chi connectivity index (χ0) is 12.4. The summed E-state index contributed by atoms with van der Waals surface area (Å²) in [6, 6.07) is 6.48. The molecule has 1 fully saturated rings. The highest BCUT2D eigenvalue weighted by molar-refractivity contribution is 5.39. The van der Waals surface area contributed by atoms with Gasteiger partial charge in [-0.25, -0.2) is 0 Å². The molecule has 2 N–H and O–H groups in total. The monoisotopic (exact) mass is 247 g/mol. The lowest BCUT2D eigenvalue weighted by Crippen LogP contribution is -2.24. The molecule has 1 heterocycles. The molecule has 0 atom stereocenters. The van der Waals surface area contributed by atoms with Crippen molar-refractivity contribution in [1.29, 1.82) is 0 Å². The van der Waals surface area contributed by atoms with Gasteiger partial charge < -0.3 is 15.2 Å². The Morgan fingerprint density at radius 1 is 1.33 bits per heavy atom. The van der Waals surface area contributed by atoms with E-state index in [4.69, 9.17) is 9.84 Å². The van der Waals surface area contributed by atoms with E-state index in [1.807, 2.05) is 0 Å². The molecule has 1 saturated carbocycles. The van der Waals surface area contributed by atoms with Crippen molar-refractivity contribution in [2.75, 3.05) is 19.8 Å². The molecule has 2 aliphatic rings. The first-order chi connectivity index (χ1) is 8.81. The molecule has 3 nitrogen and oxygen atoms in total. The van der Waals surface area contributed by atoms with E-state index in [-0.39, 0.29) is 0 Å². The lowest BCUT2D eigenvalue weighted by molar-refractivity contribution is 0.245. The second-order valence-electron chi connectivity index (χ2n) is 5.62. The van der Waals surface area contributed by atoms with Crippen LogP contribution in [0.15, 0.2) is 18.2 Å². The van der Waals surface area contributed by atoms with Crippen molar-refractivity contribution in [3.63, 3.8) is 0 Å². The standard InChI is InChI=1S/C15H21NO2/c17-7-6-15(4-5-15)11-16-10-12-1-2-14-13(9-12)3-8-18-14/h1-2,9,16-17H,3-8,10-11H2. The van der Waals surface area contributed by atoms with Gasteiger partial charge in [0, 0.05) is 26.1 Å². The Kier molecular flexibility index (Phi) is 3.27. The number of hydrogen-bond acceptors (Lipinski definition) is 3. The quantitative estimate of drug-likeness (QED) is 0.806. The molecule has 1 aliphatic carbocycles. The van der Waals surface area contributed by atoms with E-state index in [2.05, 4.69) is 23.5 Å². The van der Waals surface area contributed by atoms with Crippen molar-refractivity contribution in [3.05, 3.63) is 29.3 Å². The van der Waals surface area contributed by atoms with Crippen molar-refractivity contribution in [3.8, 4) is 5.75 Å². The van der Waals surface area contributed by atoms with Gasteiger partial charge in [-0.2, -0.15) is 0 Å². The minimum atomic E-state index is 0.317. The molecule has 0 spiro atoms. The molecule has 3 heteroatoms. The Bertz CT molecular complexity index is 427. The summed E-state index contributed by atoms with van der Waals surface area (Å²) in [5.41, 5.74) is 3.07. The third-order valence-corrected chi connectivity index (χ3v) is 4.18. The van der Waals surface area contributed by atoms with Gasteiger partial charge >= 0.3 is 0 Å². The molecular weight excluding hydrogens is 226 g/mol. The molecule has 0 bridgehead atoms. The molecule has 0 saturated heterocycles. The molecule has 1 aliphatic heterocycles. The zero-order valence-electron chi connectivity index (χ0n) is 10.7. The summed E-state index contributed by atoms with van der Waals surface area (Å²) in [7, 11) is 0. The molecule has 1 aromatic rings. The van der Waals surface area contributed by atoms with Crippen LogP contribution in [-0.2, 0) is 13.0 Å². The number of aliphatic hydroxyl groups excluding tert-OH is 1. The summed E-state index contributed by atoms with van der Waals surface area (Å²) < 4.78 is 5.51. The lowest BCUT2D eigenvalue weighted by Gasteiger charge is -2.14. The van der Waals surface area contributed by atoms with E-state index < -0.39 is 0 Å². The third-order valence-electron chi connectivity index (χ3n) is 4.18. The van der Waals surface area contributed by atoms with Gasteiger partial charge in [-0.15, -0.1) is 0 Å². The topological polar surface area (TPSA) is 41.5 Å². The highest BCUT2D eigenvalue weighted by Crippen LogP contribution is 2.47. The first-order valence-corrected chi connectivity index (χ1v) is 6.88. The fourth-order valence-electron chi connectivity index (χ4n) is 2.75. The van der Waals surface area contributed by atoms with Crippen molar-refractivity contribution in [1.82, 2.24) is 5.32 Å². The Labute approximate surface area is 108 Å². The number of aliphatic hydroxyl groups is 1. The van der Waals surface area contributed by atoms with E-state index in [9.17, 15) is 0 Å². The van der Waals surface area contributed by atoms with Crippen molar-refractivity contribution >= 4 is 0 Å². The minimum absolute atomic E-state index is 0.317. The van der Waals surface area contributed by atoms with Crippen LogP contribution in [0.5, 0.6) is 5.75 Å². The predicted octanol–water partition coefficient (Wildman–Crippen LogP) is 1.87. The van der Waals surface area contributed by atoms with Gasteiger partial charge in [0.25, 0.3) is 0 Å². The van der Waals surface area contributed by atoms with Crippen LogP contribution < -0.4 is 10.1 Å². The van der Waals surface area contributed by atoms with Gasteiger partial charge in [0.1, 0.15) is 5.75 Å². The first kappa shape index (κ1) is 12.0. The average Bonchev–Trinajstić information content (AvgIpc) is 2.97. The van der Waals surface area contributed by atoms with Gasteiger partial charge in [0.2, 0.25) is 0 Å². The van der Waals surface area contributed by atoms with Crippen LogP contribution in [0.3, 0.4) is 0 Å². The average molecular weight is 247 g/mol. The Balaban J connectivity index is 1.51. The highest BCUT2D eigenvalue weighted by Gasteiger charge is 2.41. The van der Waals surface area contributed by atoms with Crippen molar-refractivity contribution in [2.24, 2.45) is 5.41 Å². The van der Waals surface area contributed by atoms with Crippen molar-refractivity contribution < 1.29 is 9.84 Å². The van der Waals surface area contributed by atoms with Gasteiger partial charge in [-0.05, 0) is 41.9 Å². The zero-order valence-corrected chi connectivity index (χ0v) is 10.7. The van der Waals surface area contributed by atoms with Crippen LogP contribution in [0.1, 0.15) is 30.4 Å². The maximum Gasteiger partial charge on any atom is 0.122 e. The Morgan fingerprint density at radius 2 is 2.22 bits per heavy atom. The predicted molar refractivity (Wildman–Crippen MR) is 70.7 cm³/mol. The molecule has 0 unspecified atom stereocenters. The molecule has 0 amide bonds. The number of nitrogens with one attached hydrogen (secondary N) is 1. The summed E-state index contributed by atoms with van der Waals surface area (Å²) >= 11 is 0. The highest BCUT2D eigenvalue weighted by atomic mass is 16.5. The maximum atomic E-state index is 9.02. The number of hydrogen-bond donors (Lipinski definition) is 2. The molecule has 0 aromatic heterocycles. The number of fused-ring (bicyclic) bond motifs is 1. The lowest BCUT2D eigenvalue weighted by atomic mass is 10.0. The minimum Gasteiger partial charge on any atom is -0.493 e. The van der Waals surface area contributed by atoms with E-state index in [0.29, 0.717) is 12.0 Å². The van der Waals surface area contributed by atoms with Gasteiger partial charge in [0.15, 0.2) is 0 Å². The van der Waals surface area contributed by atoms with Crippen LogP contribution in [-0.4, -0.2) is 24.9 Å². The summed E-state index contributed by atoms with van der Waals surface area (Å²) in [5.74, 6) is 1.05. The maximum absolute atomic E-state index is 9.02. The molecule has 98 valence electrons. The third kappa shape index (κ3) is 2.52. The Morgan fingerprint density at radius 3 is 3.00 bits per heavy atom. The van der Waals surface area contributed by atoms with Crippen LogP contribution in [0, 0.1) is 5.41 Å². The number of benzene rings is 1. The molecule has 1 aromatic carbocycles. The van der Waals surface area contributed by atoms with Crippen LogP contribution >= 0.6 is 0 Å². The van der Waals surface area contributed by atoms with E-state index in [1.165, 1.54) is 24.0 Å². The molecule has 3 rings (SSSR count). The summed E-state index contributed by atoms with van der Waals surface area (Å²) in [6.07, 6.45) is 4.51. The largest absolute Gasteiger partial charge is 0.493 e. The second kappa shape index (κ2) is 4.90. The molecule has 0 radical (unpaired) electrons. The normalized spacial score (nSPS) is 19.4. The van der Waals surface area contributed by atoms with Crippen LogP contribution in [0.2, 0.25) is 0 Å². The molecule has 18 heavy (non-hydrogen) atoms. The van der Waals surface area contributed by atoms with E-state index >= 15 is 0 Å². The smallest absolute Gasteiger partial charge is 0.122 e. The SMILES string of the molecule is OCCC1(CNCc2ccc3c(c2)CCO3)CC1. The summed E-state index contributed by atoms with van der Waals surface area (Å²) in [6.45, 7) is 3.09. The van der Waals surface area contributed by atoms with Crippen LogP contribution in [0.25, 0.3) is 0 Å². The van der Waals surface area contributed by atoms with Gasteiger partial charge in [0.05, 0.1) is 6.61 Å². The van der Waals surface area contributed by atoms with Gasteiger partial charge in [-0.1, -0.05) is 12.1 Å². The Hall–Kier alpha value is -1.06. The second-order valence-corrected chi connectivity index (χ2v) is 5.62. The fourth-order valence-corrected chi connectivity index (χ4v) is 2.75. The molecular formula is C15H21NO2. The summed E-state index contributed by atoms with van der Waals surface area (Å²) in [4.78, 5) is 0. The van der Waals surface area contributed by atoms with Crippen LogP contribution in [0.4, 0.5) is 0 Å². The first-order valence-electron chi connectivity index (χ1n) is 6.88. The van der Waals surface area contributed by atoms with Crippen molar-refractivity contribution in [2.45, 2.75) is 32.2 Å².